The molecule has 8 rings (SSSR count). The van der Waals surface area contributed by atoms with Gasteiger partial charge in [-0.1, -0.05) is 29.3 Å². The summed E-state index contributed by atoms with van der Waals surface area (Å²) in [7, 11) is 3.22. The van der Waals surface area contributed by atoms with E-state index >= 15 is 4.79 Å². The van der Waals surface area contributed by atoms with E-state index in [1.165, 1.54) is 7.11 Å². The van der Waals surface area contributed by atoms with E-state index in [0.717, 1.165) is 73.7 Å². The number of carbonyl (C=O) groups excluding carboxylic acids is 1. The molecule has 3 aromatic heterocycles. The molecule has 1 amide bonds. The summed E-state index contributed by atoms with van der Waals surface area (Å²) in [6, 6.07) is 10.9. The number of carbonyl (C=O) groups is 2. The topological polar surface area (TPSA) is 130 Å². The van der Waals surface area contributed by atoms with E-state index in [9.17, 15) is 9.90 Å². The Morgan fingerprint density at radius 1 is 0.967 bits per heavy atom. The van der Waals surface area contributed by atoms with E-state index in [1.54, 1.807) is 28.6 Å². The molecule has 60 heavy (non-hydrogen) atoms. The van der Waals surface area contributed by atoms with E-state index in [-0.39, 0.29) is 36.9 Å². The molecule has 2 atom stereocenters. The number of nitrogens with zero attached hydrogens (tertiary/aromatic N) is 5. The van der Waals surface area contributed by atoms with Crippen LogP contribution in [0.4, 0.5) is 5.69 Å². The summed E-state index contributed by atoms with van der Waals surface area (Å²) in [6.07, 6.45) is 2.85. The Kier molecular flexibility index (Phi) is 11.2. The number of amides is 1. The lowest BCUT2D eigenvalue weighted by molar-refractivity contribution is 0.0670. The average molecular weight is 855 g/mol. The fourth-order valence-corrected chi connectivity index (χ4v) is 9.57. The van der Waals surface area contributed by atoms with Gasteiger partial charge in [-0.15, -0.1) is 0 Å². The molecule has 0 bridgehead atoms. The number of fused-ring (bicyclic) bond motifs is 4. The van der Waals surface area contributed by atoms with Gasteiger partial charge in [-0.2, -0.15) is 0 Å². The van der Waals surface area contributed by atoms with Crippen LogP contribution in [0.3, 0.4) is 0 Å². The van der Waals surface area contributed by atoms with E-state index in [1.807, 2.05) is 58.9 Å². The van der Waals surface area contributed by atoms with Gasteiger partial charge in [0.05, 0.1) is 41.6 Å². The molecule has 314 valence electrons. The first-order chi connectivity index (χ1) is 28.7. The molecule has 0 unspecified atom stereocenters. The van der Waals surface area contributed by atoms with E-state index in [0.29, 0.717) is 70.7 Å². The van der Waals surface area contributed by atoms with Crippen molar-refractivity contribution in [1.29, 1.82) is 0 Å². The summed E-state index contributed by atoms with van der Waals surface area (Å²) in [5.74, 6) is 0.835. The predicted octanol–water partition coefficient (Wildman–Crippen LogP) is 9.94. The van der Waals surface area contributed by atoms with E-state index in [2.05, 4.69) is 11.5 Å². The number of carboxylic acids is 1. The molecule has 1 saturated heterocycles. The lowest BCUT2D eigenvalue weighted by Crippen LogP contribution is -2.43. The maximum absolute atomic E-state index is 15.5. The molecule has 0 aliphatic carbocycles. The lowest BCUT2D eigenvalue weighted by Gasteiger charge is -2.35. The Morgan fingerprint density at radius 3 is 2.33 bits per heavy atom. The number of aromatic nitrogens is 4. The van der Waals surface area contributed by atoms with Gasteiger partial charge in [0.15, 0.2) is 11.5 Å². The zero-order valence-corrected chi connectivity index (χ0v) is 36.7. The number of rotatable bonds is 12. The molecule has 1 fully saturated rings. The fraction of sp³-hybridized carbons (Fsp3) is 0.391. The highest BCUT2D eigenvalue weighted by Crippen LogP contribution is 2.48. The first kappa shape index (κ1) is 41.4. The Balaban J connectivity index is 1.30. The first-order valence-corrected chi connectivity index (χ1v) is 21.0. The standard InChI is InChI=1S/C46H49Cl2N5O7/c1-23-17-30(18-24(2)40(23)48)59-16-10-12-31-32-13-14-34(47)39(38-26(4)49-28(6)50-27(38)5)42(32)53-25(3)21-52(45(54)43(31)53)35-20-37(60-22-29-11-9-15-58-29)44(57-8)33-19-36(46(55)56)51(7)41(33)35/h13-14,17-20,25,29H,9-12,15-16,21-22H2,1-8H3,(H,55,56)/t25-,29+/m1/s1. The number of carboxylic acid groups (broad SMARTS) is 1. The Labute approximate surface area is 358 Å². The number of aryl methyl sites for hydroxylation is 7. The molecular weight excluding hydrogens is 805 g/mol. The van der Waals surface area contributed by atoms with Crippen LogP contribution in [0, 0.1) is 34.6 Å². The number of methoxy groups -OCH3 is 1. The molecule has 6 aromatic rings. The molecule has 5 heterocycles. The molecular formula is C46H49Cl2N5O7. The van der Waals surface area contributed by atoms with E-state index < -0.39 is 5.97 Å². The van der Waals surface area contributed by atoms with Crippen molar-refractivity contribution in [3.05, 3.63) is 91.7 Å². The molecule has 1 N–H and O–H groups in total. The fourth-order valence-electron chi connectivity index (χ4n) is 9.21. The molecule has 0 saturated carbocycles. The molecule has 3 aromatic carbocycles. The Hall–Kier alpha value is -5.30. The number of halogens is 2. The zero-order valence-electron chi connectivity index (χ0n) is 35.2. The molecule has 2 aliphatic heterocycles. The van der Waals surface area contributed by atoms with Crippen molar-refractivity contribution in [2.75, 3.05) is 38.4 Å². The van der Waals surface area contributed by atoms with Gasteiger partial charge in [0.25, 0.3) is 5.91 Å². The third kappa shape index (κ3) is 7.12. The summed E-state index contributed by atoms with van der Waals surface area (Å²) >= 11 is 13.6. The van der Waals surface area contributed by atoms with Gasteiger partial charge in [0, 0.05) is 70.6 Å². The van der Waals surface area contributed by atoms with Crippen LogP contribution in [-0.4, -0.2) is 75.7 Å². The SMILES string of the molecule is COc1c(OC[C@@H]2CCCO2)cc(N2C[C@@H](C)n3c(c(CCCOc4cc(C)c(Cl)c(C)c4)c4ccc(Cl)c(-c5c(C)nc(C)nc5C)c43)C2=O)c2c1cc(C(=O)O)n2C. The van der Waals surface area contributed by atoms with Crippen LogP contribution in [0.25, 0.3) is 32.9 Å². The summed E-state index contributed by atoms with van der Waals surface area (Å²) < 4.78 is 28.1. The molecule has 12 nitrogen and oxygen atoms in total. The van der Waals surface area contributed by atoms with Gasteiger partial charge in [0.2, 0.25) is 0 Å². The summed E-state index contributed by atoms with van der Waals surface area (Å²) in [5.41, 5.74) is 8.38. The summed E-state index contributed by atoms with van der Waals surface area (Å²) in [6.45, 7) is 13.4. The molecule has 2 aliphatic rings. The highest BCUT2D eigenvalue weighted by Gasteiger charge is 2.38. The van der Waals surface area contributed by atoms with Gasteiger partial charge >= 0.3 is 5.97 Å². The van der Waals surface area contributed by atoms with Gasteiger partial charge in [-0.05, 0) is 108 Å². The van der Waals surface area contributed by atoms with Crippen LogP contribution in [0.15, 0.2) is 36.4 Å². The third-order valence-corrected chi connectivity index (χ3v) is 12.7. The minimum Gasteiger partial charge on any atom is -0.494 e. The monoisotopic (exact) mass is 853 g/mol. The average Bonchev–Trinajstić information content (AvgIpc) is 3.93. The van der Waals surface area contributed by atoms with Crippen LogP contribution in [0.1, 0.15) is 87.1 Å². The number of benzene rings is 3. The molecule has 14 heteroatoms. The van der Waals surface area contributed by atoms with Crippen LogP contribution in [0.5, 0.6) is 17.2 Å². The maximum Gasteiger partial charge on any atom is 0.352 e. The Bertz CT molecular complexity index is 2670. The summed E-state index contributed by atoms with van der Waals surface area (Å²) in [5, 5.41) is 12.9. The number of anilines is 1. The second kappa shape index (κ2) is 16.3. The van der Waals surface area contributed by atoms with Crippen LogP contribution in [-0.2, 0) is 18.2 Å². The second-order valence-corrected chi connectivity index (χ2v) is 16.7. The number of hydrogen-bond acceptors (Lipinski definition) is 8. The van der Waals surface area contributed by atoms with Gasteiger partial charge in [-0.25, -0.2) is 14.8 Å². The zero-order chi connectivity index (χ0) is 42.7. The predicted molar refractivity (Wildman–Crippen MR) is 234 cm³/mol. The van der Waals surface area contributed by atoms with Gasteiger partial charge in [-0.3, -0.25) is 4.79 Å². The lowest BCUT2D eigenvalue weighted by atomic mass is 9.97. The van der Waals surface area contributed by atoms with Crippen molar-refractivity contribution in [3.63, 3.8) is 0 Å². The third-order valence-electron chi connectivity index (χ3n) is 11.8. The number of hydrogen-bond donors (Lipinski definition) is 1. The van der Waals surface area contributed by atoms with Crippen LogP contribution >= 0.6 is 23.2 Å². The van der Waals surface area contributed by atoms with Gasteiger partial charge < -0.3 is 38.1 Å². The van der Waals surface area contributed by atoms with Crippen molar-refractivity contribution in [3.8, 4) is 28.4 Å². The number of aromatic carboxylic acids is 1. The normalized spacial score (nSPS) is 16.6. The second-order valence-electron chi connectivity index (χ2n) is 15.9. The van der Waals surface area contributed by atoms with Crippen molar-refractivity contribution in [2.45, 2.75) is 79.4 Å². The highest BCUT2D eigenvalue weighted by molar-refractivity contribution is 6.35. The highest BCUT2D eigenvalue weighted by atomic mass is 35.5. The largest absolute Gasteiger partial charge is 0.494 e. The van der Waals surface area contributed by atoms with Crippen LogP contribution < -0.4 is 19.1 Å². The summed E-state index contributed by atoms with van der Waals surface area (Å²) in [4.78, 5) is 39.3. The maximum atomic E-state index is 15.5. The van der Waals surface area contributed by atoms with Crippen molar-refractivity contribution >= 4 is 62.6 Å². The van der Waals surface area contributed by atoms with Crippen molar-refractivity contribution in [1.82, 2.24) is 19.1 Å². The minimum atomic E-state index is -1.11. The van der Waals surface area contributed by atoms with E-state index in [4.69, 9.17) is 52.1 Å². The van der Waals surface area contributed by atoms with Crippen molar-refractivity contribution < 1.29 is 33.6 Å². The van der Waals surface area contributed by atoms with Crippen molar-refractivity contribution in [2.24, 2.45) is 7.05 Å². The molecule has 0 spiro atoms. The minimum absolute atomic E-state index is 0.0459. The van der Waals surface area contributed by atoms with Crippen LogP contribution in [0.2, 0.25) is 10.0 Å². The Morgan fingerprint density at radius 2 is 1.68 bits per heavy atom. The smallest absolute Gasteiger partial charge is 0.352 e. The quantitative estimate of drug-likeness (QED) is 0.120. The first-order valence-electron chi connectivity index (χ1n) is 20.3. The van der Waals surface area contributed by atoms with Gasteiger partial charge in [0.1, 0.15) is 29.6 Å². The molecule has 0 radical (unpaired) electrons. The number of ether oxygens (including phenoxy) is 4.